The molecule has 1 fully saturated rings. The second-order valence-electron chi connectivity index (χ2n) is 5.88. The van der Waals surface area contributed by atoms with Gasteiger partial charge in [-0.1, -0.05) is 60.7 Å². The number of benzene rings is 2. The van der Waals surface area contributed by atoms with Gasteiger partial charge in [0.1, 0.15) is 5.75 Å². The molecule has 1 saturated heterocycles. The van der Waals surface area contributed by atoms with E-state index < -0.39 is 12.1 Å². The second kappa shape index (κ2) is 8.77. The summed E-state index contributed by atoms with van der Waals surface area (Å²) in [6.07, 6.45) is 1.03. The fourth-order valence-corrected chi connectivity index (χ4v) is 4.01. The zero-order valence-electron chi connectivity index (χ0n) is 14.8. The molecule has 1 atom stereocenters. The van der Waals surface area contributed by atoms with Crippen molar-refractivity contribution < 1.29 is 19.4 Å². The van der Waals surface area contributed by atoms with Gasteiger partial charge in [-0.2, -0.15) is 0 Å². The molecule has 0 saturated carbocycles. The van der Waals surface area contributed by atoms with E-state index in [1.807, 2.05) is 0 Å². The Bertz CT molecular complexity index is 959. The fourth-order valence-electron chi connectivity index (χ4n) is 2.59. The zero-order chi connectivity index (χ0) is 20.3. The molecule has 1 amide bonds. The molecule has 0 radical (unpaired) electrons. The number of para-hydroxylation sites is 1. The Labute approximate surface area is 176 Å². The third kappa shape index (κ3) is 4.38. The molecule has 2 aromatic carbocycles. The molecule has 1 aliphatic heterocycles. The number of nitrogens with zero attached hydrogens (tertiary/aromatic N) is 1. The number of carboxylic acid groups (broad SMARTS) is 1. The van der Waals surface area contributed by atoms with Crippen molar-refractivity contribution >= 4 is 63.5 Å². The molecule has 1 aliphatic rings. The Balaban J connectivity index is 1.90. The summed E-state index contributed by atoms with van der Waals surface area (Å²) in [5, 5.41) is 9.80. The van der Waals surface area contributed by atoms with E-state index in [1.54, 1.807) is 61.5 Å². The van der Waals surface area contributed by atoms with Gasteiger partial charge in [0.25, 0.3) is 5.91 Å². The van der Waals surface area contributed by atoms with Crippen molar-refractivity contribution in [1.82, 2.24) is 0 Å². The molecule has 5 nitrogen and oxygen atoms in total. The van der Waals surface area contributed by atoms with Crippen LogP contribution < -0.4 is 9.64 Å². The van der Waals surface area contributed by atoms with Gasteiger partial charge in [0, 0.05) is 10.6 Å². The molecule has 28 heavy (non-hydrogen) atoms. The maximum atomic E-state index is 12.9. The topological polar surface area (TPSA) is 66.8 Å². The van der Waals surface area contributed by atoms with Gasteiger partial charge in [-0.05, 0) is 42.8 Å². The Kier molecular flexibility index (Phi) is 6.39. The molecule has 144 valence electrons. The number of amides is 1. The first-order valence-electron chi connectivity index (χ1n) is 8.42. The predicted molar refractivity (Wildman–Crippen MR) is 116 cm³/mol. The maximum absolute atomic E-state index is 12.9. The number of rotatable bonds is 6. The smallest absolute Gasteiger partial charge is 0.344 e. The number of hydrogen-bond acceptors (Lipinski definition) is 5. The monoisotopic (exact) mass is 433 g/mol. The van der Waals surface area contributed by atoms with Crippen LogP contribution in [0.25, 0.3) is 6.08 Å². The molecule has 1 unspecified atom stereocenters. The van der Waals surface area contributed by atoms with Crippen LogP contribution in [0.2, 0.25) is 5.02 Å². The van der Waals surface area contributed by atoms with E-state index in [9.17, 15) is 14.7 Å². The number of halogens is 1. The van der Waals surface area contributed by atoms with E-state index >= 15 is 0 Å². The molecule has 2 aromatic rings. The van der Waals surface area contributed by atoms with Crippen molar-refractivity contribution in [2.24, 2.45) is 0 Å². The number of thiocarbonyl (C=S) groups is 1. The SMILES string of the molecule is CCC(Oc1ccccc1/C=C1/SC(=S)N(c2ccc(Cl)cc2)C1=O)C(=O)O. The van der Waals surface area contributed by atoms with Crippen LogP contribution in [-0.2, 0) is 9.59 Å². The lowest BCUT2D eigenvalue weighted by Gasteiger charge is -2.15. The van der Waals surface area contributed by atoms with Crippen LogP contribution >= 0.6 is 35.6 Å². The molecule has 0 spiro atoms. The standard InChI is InChI=1S/C20H16ClNO4S2/c1-2-15(19(24)25)26-16-6-4-3-5-12(16)11-17-18(23)22(20(27)28-17)14-9-7-13(21)8-10-14/h3-11,15H,2H2,1H3,(H,24,25)/b17-11+. The second-order valence-corrected chi connectivity index (χ2v) is 8.00. The number of anilines is 1. The third-order valence-electron chi connectivity index (χ3n) is 4.00. The van der Waals surface area contributed by atoms with Gasteiger partial charge < -0.3 is 9.84 Å². The van der Waals surface area contributed by atoms with Crippen molar-refractivity contribution in [2.45, 2.75) is 19.4 Å². The van der Waals surface area contributed by atoms with Gasteiger partial charge in [0.2, 0.25) is 0 Å². The van der Waals surface area contributed by atoms with Gasteiger partial charge >= 0.3 is 5.97 Å². The Morgan fingerprint density at radius 3 is 2.61 bits per heavy atom. The summed E-state index contributed by atoms with van der Waals surface area (Å²) in [6, 6.07) is 13.8. The molecule has 1 N–H and O–H groups in total. The number of thioether (sulfide) groups is 1. The van der Waals surface area contributed by atoms with Crippen LogP contribution in [0.3, 0.4) is 0 Å². The molecule has 8 heteroatoms. The summed E-state index contributed by atoms with van der Waals surface area (Å²) in [5.41, 5.74) is 1.25. The first-order chi connectivity index (χ1) is 13.4. The fraction of sp³-hybridized carbons (Fsp3) is 0.150. The minimum Gasteiger partial charge on any atom is -0.479 e. The minimum absolute atomic E-state index is 0.252. The molecule has 3 rings (SSSR count). The summed E-state index contributed by atoms with van der Waals surface area (Å²) in [5.74, 6) is -0.891. The van der Waals surface area contributed by atoms with Gasteiger partial charge in [-0.15, -0.1) is 0 Å². The van der Waals surface area contributed by atoms with E-state index in [0.29, 0.717) is 37.7 Å². The highest BCUT2D eigenvalue weighted by molar-refractivity contribution is 8.27. The van der Waals surface area contributed by atoms with E-state index in [2.05, 4.69) is 0 Å². The van der Waals surface area contributed by atoms with Crippen LogP contribution in [0.1, 0.15) is 18.9 Å². The highest BCUT2D eigenvalue weighted by Crippen LogP contribution is 2.37. The Morgan fingerprint density at radius 1 is 1.29 bits per heavy atom. The lowest BCUT2D eigenvalue weighted by Crippen LogP contribution is -2.27. The van der Waals surface area contributed by atoms with Crippen LogP contribution in [-0.4, -0.2) is 27.4 Å². The lowest BCUT2D eigenvalue weighted by molar-refractivity contribution is -0.145. The number of carbonyl (C=O) groups excluding carboxylic acids is 1. The summed E-state index contributed by atoms with van der Waals surface area (Å²) >= 11 is 12.5. The summed E-state index contributed by atoms with van der Waals surface area (Å²) < 4.78 is 6.04. The van der Waals surface area contributed by atoms with E-state index in [-0.39, 0.29) is 5.91 Å². The Morgan fingerprint density at radius 2 is 1.96 bits per heavy atom. The third-order valence-corrected chi connectivity index (χ3v) is 5.55. The lowest BCUT2D eigenvalue weighted by atomic mass is 10.1. The minimum atomic E-state index is -1.04. The molecule has 0 bridgehead atoms. The highest BCUT2D eigenvalue weighted by Gasteiger charge is 2.33. The van der Waals surface area contributed by atoms with E-state index in [4.69, 9.17) is 28.6 Å². The van der Waals surface area contributed by atoms with Crippen molar-refractivity contribution in [3.05, 3.63) is 64.0 Å². The van der Waals surface area contributed by atoms with Crippen LogP contribution in [0.4, 0.5) is 5.69 Å². The Hall–Kier alpha value is -2.35. The van der Waals surface area contributed by atoms with Crippen molar-refractivity contribution in [3.63, 3.8) is 0 Å². The van der Waals surface area contributed by atoms with Crippen LogP contribution in [0.5, 0.6) is 5.75 Å². The average Bonchev–Trinajstić information content (AvgIpc) is 2.95. The molecule has 0 aromatic heterocycles. The normalized spacial score (nSPS) is 16.5. The highest BCUT2D eigenvalue weighted by atomic mass is 35.5. The first-order valence-corrected chi connectivity index (χ1v) is 10.0. The van der Waals surface area contributed by atoms with Crippen molar-refractivity contribution in [1.29, 1.82) is 0 Å². The van der Waals surface area contributed by atoms with Crippen molar-refractivity contribution in [2.75, 3.05) is 4.90 Å². The number of ether oxygens (including phenoxy) is 1. The van der Waals surface area contributed by atoms with Gasteiger partial charge in [-0.25, -0.2) is 4.79 Å². The van der Waals surface area contributed by atoms with Crippen molar-refractivity contribution in [3.8, 4) is 5.75 Å². The number of hydrogen-bond donors (Lipinski definition) is 1. The van der Waals surface area contributed by atoms with Gasteiger partial charge in [0.15, 0.2) is 10.4 Å². The molecular formula is C20H16ClNO4S2. The van der Waals surface area contributed by atoms with E-state index in [1.165, 1.54) is 16.7 Å². The number of aliphatic carboxylic acids is 1. The average molecular weight is 434 g/mol. The number of carboxylic acids is 1. The molecular weight excluding hydrogens is 418 g/mol. The van der Waals surface area contributed by atoms with E-state index in [0.717, 1.165) is 0 Å². The van der Waals surface area contributed by atoms with Crippen LogP contribution in [0.15, 0.2) is 53.4 Å². The predicted octanol–water partition coefficient (Wildman–Crippen LogP) is 4.99. The van der Waals surface area contributed by atoms with Gasteiger partial charge in [-0.3, -0.25) is 9.69 Å². The summed E-state index contributed by atoms with van der Waals surface area (Å²) in [4.78, 5) is 26.0. The molecule has 1 heterocycles. The summed E-state index contributed by atoms with van der Waals surface area (Å²) in [6.45, 7) is 1.73. The molecule has 0 aliphatic carbocycles. The number of carbonyl (C=O) groups is 2. The first kappa shape index (κ1) is 20.4. The maximum Gasteiger partial charge on any atom is 0.344 e. The van der Waals surface area contributed by atoms with Gasteiger partial charge in [0.05, 0.1) is 10.6 Å². The summed E-state index contributed by atoms with van der Waals surface area (Å²) in [7, 11) is 0. The largest absolute Gasteiger partial charge is 0.479 e. The zero-order valence-corrected chi connectivity index (χ0v) is 17.2. The van der Waals surface area contributed by atoms with Crippen LogP contribution in [0, 0.1) is 0 Å². The quantitative estimate of drug-likeness (QED) is 0.511.